The van der Waals surface area contributed by atoms with E-state index in [0.29, 0.717) is 5.56 Å². The first-order valence-electron chi connectivity index (χ1n) is 12.2. The summed E-state index contributed by atoms with van der Waals surface area (Å²) < 4.78 is 25.5. The number of allylic oxidation sites excluding steroid dienone is 1. The highest BCUT2D eigenvalue weighted by molar-refractivity contribution is 5.98. The minimum atomic E-state index is -1.22. The number of benzene rings is 1. The second-order valence-electron chi connectivity index (χ2n) is 9.69. The zero-order valence-electron chi connectivity index (χ0n) is 23.2. The molecule has 0 saturated carbocycles. The molecule has 1 aliphatic rings. The van der Waals surface area contributed by atoms with Crippen molar-refractivity contribution >= 4 is 29.8 Å². The Morgan fingerprint density at radius 3 is 2.05 bits per heavy atom. The first-order chi connectivity index (χ1) is 18.4. The Bertz CT molecular complexity index is 1130. The molecule has 0 spiro atoms. The van der Waals surface area contributed by atoms with E-state index in [9.17, 15) is 24.0 Å². The van der Waals surface area contributed by atoms with Gasteiger partial charge in [-0.2, -0.15) is 0 Å². The van der Waals surface area contributed by atoms with Gasteiger partial charge in [0.1, 0.15) is 11.6 Å². The van der Waals surface area contributed by atoms with Gasteiger partial charge in [0, 0.05) is 35.6 Å². The Balaban J connectivity index is 2.76. The minimum Gasteiger partial charge on any atom is -0.490 e. The van der Waals surface area contributed by atoms with Crippen LogP contribution >= 0.6 is 0 Å². The topological polar surface area (TPSA) is 135 Å². The first kappa shape index (κ1) is 31.1. The van der Waals surface area contributed by atoms with Crippen LogP contribution in [-0.2, 0) is 42.9 Å². The fraction of sp³-hybridized carbons (Fsp3) is 0.464. The fourth-order valence-electron chi connectivity index (χ4n) is 4.45. The molecule has 3 atom stereocenters. The second kappa shape index (κ2) is 13.6. The van der Waals surface area contributed by atoms with E-state index in [1.54, 1.807) is 51.1 Å². The van der Waals surface area contributed by atoms with Crippen molar-refractivity contribution in [2.45, 2.75) is 38.8 Å². The molecule has 1 heterocycles. The van der Waals surface area contributed by atoms with Gasteiger partial charge in [0.2, 0.25) is 5.76 Å². The highest BCUT2D eigenvalue weighted by Crippen LogP contribution is 2.41. The van der Waals surface area contributed by atoms with Crippen LogP contribution in [0.2, 0.25) is 0 Å². The SMILES string of the molecule is COC(=O)/C=C\C(=C(\OC)C(=O)OC)[C@H]1CN(C(=O)c2ccccc2)[C@H](C(=O)OC)[C@H]1CC(=O)OC(C)(C)C. The summed E-state index contributed by atoms with van der Waals surface area (Å²) in [4.78, 5) is 65.7. The van der Waals surface area contributed by atoms with Crippen molar-refractivity contribution in [2.75, 3.05) is 35.0 Å². The Morgan fingerprint density at radius 2 is 1.54 bits per heavy atom. The first-order valence-corrected chi connectivity index (χ1v) is 12.2. The Morgan fingerprint density at radius 1 is 0.897 bits per heavy atom. The summed E-state index contributed by atoms with van der Waals surface area (Å²) in [5.41, 5.74) is -0.391. The van der Waals surface area contributed by atoms with E-state index >= 15 is 0 Å². The van der Waals surface area contributed by atoms with E-state index in [0.717, 1.165) is 13.2 Å². The molecule has 0 aromatic heterocycles. The second-order valence-corrected chi connectivity index (χ2v) is 9.69. The van der Waals surface area contributed by atoms with Crippen molar-refractivity contribution < 1.29 is 47.7 Å². The Kier molecular flexibility index (Phi) is 10.8. The number of carbonyl (C=O) groups is 5. The van der Waals surface area contributed by atoms with Crippen molar-refractivity contribution in [3.8, 4) is 0 Å². The lowest BCUT2D eigenvalue weighted by atomic mass is 9.81. The molecule has 1 aliphatic heterocycles. The number of ether oxygens (including phenoxy) is 5. The molecule has 1 fully saturated rings. The zero-order valence-corrected chi connectivity index (χ0v) is 23.2. The van der Waals surface area contributed by atoms with Gasteiger partial charge < -0.3 is 28.6 Å². The number of nitrogens with zero attached hydrogens (tertiary/aromatic N) is 1. The van der Waals surface area contributed by atoms with Gasteiger partial charge >= 0.3 is 23.9 Å². The summed E-state index contributed by atoms with van der Waals surface area (Å²) in [7, 11) is 4.75. The Hall–Kier alpha value is -4.15. The van der Waals surface area contributed by atoms with Crippen LogP contribution in [0.15, 0.2) is 53.8 Å². The maximum Gasteiger partial charge on any atom is 0.373 e. The lowest BCUT2D eigenvalue weighted by Gasteiger charge is -2.27. The van der Waals surface area contributed by atoms with Crippen molar-refractivity contribution in [1.29, 1.82) is 0 Å². The van der Waals surface area contributed by atoms with E-state index in [2.05, 4.69) is 4.74 Å². The van der Waals surface area contributed by atoms with Crippen LogP contribution in [0.3, 0.4) is 0 Å². The molecule has 212 valence electrons. The number of likely N-dealkylation sites (tertiary alicyclic amines) is 1. The molecular formula is C28H35NO10. The molecule has 1 aromatic carbocycles. The van der Waals surface area contributed by atoms with Gasteiger partial charge in [0.25, 0.3) is 5.91 Å². The van der Waals surface area contributed by atoms with Crippen molar-refractivity contribution in [1.82, 2.24) is 4.90 Å². The predicted octanol–water partition coefficient (Wildman–Crippen LogP) is 2.45. The van der Waals surface area contributed by atoms with Gasteiger partial charge in [-0.3, -0.25) is 9.59 Å². The maximum absolute atomic E-state index is 13.6. The molecule has 0 unspecified atom stereocenters. The normalized spacial score (nSPS) is 19.7. The summed E-state index contributed by atoms with van der Waals surface area (Å²) in [6.45, 7) is 4.98. The highest BCUT2D eigenvalue weighted by Gasteiger charge is 2.51. The van der Waals surface area contributed by atoms with Crippen LogP contribution in [0.5, 0.6) is 0 Å². The van der Waals surface area contributed by atoms with E-state index in [1.165, 1.54) is 32.3 Å². The third-order valence-electron chi connectivity index (χ3n) is 6.03. The summed E-state index contributed by atoms with van der Waals surface area (Å²) >= 11 is 0. The average molecular weight is 546 g/mol. The maximum atomic E-state index is 13.6. The summed E-state index contributed by atoms with van der Waals surface area (Å²) in [6.07, 6.45) is 2.05. The van der Waals surface area contributed by atoms with Crippen LogP contribution in [0.4, 0.5) is 0 Å². The minimum absolute atomic E-state index is 0.119. The molecule has 0 N–H and O–H groups in total. The molecule has 2 rings (SSSR count). The molecule has 1 aromatic rings. The zero-order chi connectivity index (χ0) is 29.3. The lowest BCUT2D eigenvalue weighted by Crippen LogP contribution is -2.44. The van der Waals surface area contributed by atoms with Gasteiger partial charge in [-0.15, -0.1) is 0 Å². The number of esters is 4. The number of methoxy groups -OCH3 is 4. The van der Waals surface area contributed by atoms with Crippen molar-refractivity contribution in [3.63, 3.8) is 0 Å². The molecule has 0 aliphatic carbocycles. The standard InChI is InChI=1S/C28H35NO10/c1-28(2,3)39-22(31)15-19-20(18(13-14-21(30)35-4)24(36-5)27(34)38-7)16-29(23(19)26(33)37-6)25(32)17-11-9-8-10-12-17/h8-14,19-20,23H,15-16H2,1-7H3/b14-13-,24-18-/t19-,20+,23-/m0/s1. The number of amides is 1. The third-order valence-corrected chi connectivity index (χ3v) is 6.03. The molecule has 0 bridgehead atoms. The number of hydrogen-bond donors (Lipinski definition) is 0. The van der Waals surface area contributed by atoms with E-state index < -0.39 is 53.3 Å². The van der Waals surface area contributed by atoms with E-state index in [-0.39, 0.29) is 24.3 Å². The average Bonchev–Trinajstić information content (AvgIpc) is 3.27. The van der Waals surface area contributed by atoms with Gasteiger partial charge in [-0.25, -0.2) is 14.4 Å². The van der Waals surface area contributed by atoms with Crippen LogP contribution in [0, 0.1) is 11.8 Å². The summed E-state index contributed by atoms with van der Waals surface area (Å²) in [5.74, 6) is -5.52. The quantitative estimate of drug-likeness (QED) is 0.150. The van der Waals surface area contributed by atoms with E-state index in [1.807, 2.05) is 0 Å². The van der Waals surface area contributed by atoms with Gasteiger partial charge in [0.15, 0.2) is 0 Å². The van der Waals surface area contributed by atoms with Gasteiger partial charge in [-0.1, -0.05) is 18.2 Å². The van der Waals surface area contributed by atoms with Crippen LogP contribution < -0.4 is 0 Å². The number of rotatable bonds is 9. The van der Waals surface area contributed by atoms with Gasteiger partial charge in [-0.05, 0) is 39.0 Å². The Labute approximate surface area is 227 Å². The van der Waals surface area contributed by atoms with Gasteiger partial charge in [0.05, 0.1) is 34.9 Å². The number of carbonyl (C=O) groups excluding carboxylic acids is 5. The molecule has 1 saturated heterocycles. The molecular weight excluding hydrogens is 510 g/mol. The summed E-state index contributed by atoms with van der Waals surface area (Å²) in [6, 6.07) is 7.06. The highest BCUT2D eigenvalue weighted by atomic mass is 16.6. The molecule has 1 amide bonds. The van der Waals surface area contributed by atoms with Crippen molar-refractivity contribution in [2.24, 2.45) is 11.8 Å². The molecule has 39 heavy (non-hydrogen) atoms. The summed E-state index contributed by atoms with van der Waals surface area (Å²) in [5, 5.41) is 0. The van der Waals surface area contributed by atoms with Crippen molar-refractivity contribution in [3.05, 3.63) is 59.4 Å². The smallest absolute Gasteiger partial charge is 0.373 e. The third kappa shape index (κ3) is 7.92. The van der Waals surface area contributed by atoms with Crippen LogP contribution in [0.1, 0.15) is 37.6 Å². The molecule has 11 heteroatoms. The molecule has 11 nitrogen and oxygen atoms in total. The molecule has 0 radical (unpaired) electrons. The largest absolute Gasteiger partial charge is 0.490 e. The monoisotopic (exact) mass is 545 g/mol. The van der Waals surface area contributed by atoms with Crippen LogP contribution in [-0.4, -0.2) is 81.3 Å². The van der Waals surface area contributed by atoms with E-state index in [4.69, 9.17) is 18.9 Å². The fourth-order valence-corrected chi connectivity index (χ4v) is 4.45. The predicted molar refractivity (Wildman–Crippen MR) is 138 cm³/mol. The number of hydrogen-bond acceptors (Lipinski definition) is 10. The lowest BCUT2D eigenvalue weighted by molar-refractivity contribution is -0.157. The van der Waals surface area contributed by atoms with Crippen LogP contribution in [0.25, 0.3) is 0 Å².